The van der Waals surface area contributed by atoms with E-state index in [-0.39, 0.29) is 11.7 Å². The van der Waals surface area contributed by atoms with Gasteiger partial charge in [0.1, 0.15) is 0 Å². The molecule has 0 saturated carbocycles. The summed E-state index contributed by atoms with van der Waals surface area (Å²) in [5.41, 5.74) is 1.98. The Labute approximate surface area is 170 Å². The van der Waals surface area contributed by atoms with E-state index in [0.717, 1.165) is 28.6 Å². The normalized spacial score (nSPS) is 12.2. The van der Waals surface area contributed by atoms with Gasteiger partial charge in [0.15, 0.2) is 5.01 Å². The van der Waals surface area contributed by atoms with Crippen molar-refractivity contribution in [3.8, 4) is 0 Å². The van der Waals surface area contributed by atoms with E-state index in [1.165, 1.54) is 11.3 Å². The quantitative estimate of drug-likeness (QED) is 0.518. The zero-order chi connectivity index (χ0) is 19.9. The summed E-state index contributed by atoms with van der Waals surface area (Å²) in [6.07, 6.45) is 2.54. The molecule has 3 rings (SSSR count). The van der Waals surface area contributed by atoms with E-state index < -0.39 is 6.04 Å². The maximum atomic E-state index is 13.1. The van der Waals surface area contributed by atoms with Gasteiger partial charge in [-0.05, 0) is 42.9 Å². The Morgan fingerprint density at radius 3 is 2.43 bits per heavy atom. The summed E-state index contributed by atoms with van der Waals surface area (Å²) < 4.78 is 0.985. The van der Waals surface area contributed by atoms with Gasteiger partial charge in [-0.2, -0.15) is 0 Å². The van der Waals surface area contributed by atoms with Crippen molar-refractivity contribution in [2.45, 2.75) is 45.6 Å². The summed E-state index contributed by atoms with van der Waals surface area (Å²) in [6, 6.07) is 17.2. The number of hydrogen-bond acceptors (Lipinski definition) is 4. The molecule has 1 heterocycles. The van der Waals surface area contributed by atoms with Crippen LogP contribution >= 0.6 is 11.3 Å². The lowest BCUT2D eigenvalue weighted by molar-refractivity contribution is -0.121. The van der Waals surface area contributed by atoms with Crippen LogP contribution in [0.4, 0.5) is 0 Å². The number of para-hydroxylation sites is 1. The number of aromatic nitrogens is 1. The van der Waals surface area contributed by atoms with Gasteiger partial charge in [0, 0.05) is 6.42 Å². The summed E-state index contributed by atoms with van der Waals surface area (Å²) in [5, 5.41) is 3.42. The van der Waals surface area contributed by atoms with E-state index in [0.29, 0.717) is 23.8 Å². The van der Waals surface area contributed by atoms with Gasteiger partial charge in [-0.1, -0.05) is 56.3 Å². The molecule has 0 aliphatic heterocycles. The zero-order valence-corrected chi connectivity index (χ0v) is 17.2. The second kappa shape index (κ2) is 9.60. The minimum absolute atomic E-state index is 0.0683. The van der Waals surface area contributed by atoms with Crippen LogP contribution in [0.5, 0.6) is 0 Å². The summed E-state index contributed by atoms with van der Waals surface area (Å²) in [6.45, 7) is 4.18. The number of nitrogens with zero attached hydrogens (tertiary/aromatic N) is 1. The van der Waals surface area contributed by atoms with Gasteiger partial charge in [-0.3, -0.25) is 9.59 Å². The van der Waals surface area contributed by atoms with E-state index in [1.807, 2.05) is 54.6 Å². The molecule has 0 fully saturated rings. The predicted octanol–water partition coefficient (Wildman–Crippen LogP) is 5.03. The molecular formula is C23H26N2O2S. The maximum Gasteiger partial charge on any atom is 0.220 e. The first-order valence-corrected chi connectivity index (χ1v) is 10.6. The number of nitrogens with one attached hydrogen (secondary N) is 1. The molecule has 146 valence electrons. The summed E-state index contributed by atoms with van der Waals surface area (Å²) in [4.78, 5) is 30.0. The smallest absolute Gasteiger partial charge is 0.220 e. The van der Waals surface area contributed by atoms with Crippen LogP contribution in [0, 0.1) is 5.92 Å². The molecule has 2 aromatic carbocycles. The van der Waals surface area contributed by atoms with Crippen LogP contribution in [0.2, 0.25) is 0 Å². The van der Waals surface area contributed by atoms with E-state index in [1.54, 1.807) is 0 Å². The van der Waals surface area contributed by atoms with Crippen LogP contribution in [0.1, 0.15) is 48.5 Å². The van der Waals surface area contributed by atoms with Gasteiger partial charge in [0.2, 0.25) is 11.7 Å². The fraction of sp³-hybridized carbons (Fsp3) is 0.348. The fourth-order valence-electron chi connectivity index (χ4n) is 3.04. The lowest BCUT2D eigenvalue weighted by Gasteiger charge is -2.17. The van der Waals surface area contributed by atoms with Gasteiger partial charge in [-0.25, -0.2) is 4.98 Å². The third-order valence-corrected chi connectivity index (χ3v) is 5.72. The second-order valence-corrected chi connectivity index (χ2v) is 8.46. The Bertz CT molecular complexity index is 901. The van der Waals surface area contributed by atoms with E-state index >= 15 is 0 Å². The molecule has 3 aromatic rings. The van der Waals surface area contributed by atoms with Crippen LogP contribution < -0.4 is 5.32 Å². The monoisotopic (exact) mass is 394 g/mol. The highest BCUT2D eigenvalue weighted by atomic mass is 32.1. The SMILES string of the molecule is CC(C)CCC(=O)NC(CCc1ccccc1)C(=O)c1nc2ccccc2s1. The van der Waals surface area contributed by atoms with E-state index in [4.69, 9.17) is 0 Å². The third-order valence-electron chi connectivity index (χ3n) is 4.67. The fourth-order valence-corrected chi connectivity index (χ4v) is 4.00. The largest absolute Gasteiger partial charge is 0.346 e. The van der Waals surface area contributed by atoms with Crippen molar-refractivity contribution >= 4 is 33.2 Å². The Morgan fingerprint density at radius 1 is 1.00 bits per heavy atom. The molecule has 0 spiro atoms. The number of rotatable bonds is 9. The Morgan fingerprint density at radius 2 is 1.71 bits per heavy atom. The van der Waals surface area contributed by atoms with Crippen LogP contribution in [-0.4, -0.2) is 22.7 Å². The molecule has 1 amide bonds. The third kappa shape index (κ3) is 5.49. The minimum Gasteiger partial charge on any atom is -0.346 e. The number of aryl methyl sites for hydroxylation is 1. The predicted molar refractivity (Wildman–Crippen MR) is 115 cm³/mol. The molecular weight excluding hydrogens is 368 g/mol. The van der Waals surface area contributed by atoms with Crippen LogP contribution in [0.15, 0.2) is 54.6 Å². The van der Waals surface area contributed by atoms with Crippen molar-refractivity contribution in [2.75, 3.05) is 0 Å². The van der Waals surface area contributed by atoms with Crippen molar-refractivity contribution in [3.63, 3.8) is 0 Å². The molecule has 4 nitrogen and oxygen atoms in total. The Kier molecular flexibility index (Phi) is 6.93. The first kappa shape index (κ1) is 20.2. The van der Waals surface area contributed by atoms with Crippen molar-refractivity contribution < 1.29 is 9.59 Å². The molecule has 1 atom stereocenters. The molecule has 0 bridgehead atoms. The molecule has 0 radical (unpaired) electrons. The van der Waals surface area contributed by atoms with Crippen molar-refractivity contribution in [1.29, 1.82) is 0 Å². The average Bonchev–Trinajstić information content (AvgIpc) is 3.14. The molecule has 0 saturated heterocycles. The van der Waals surface area contributed by atoms with Crippen LogP contribution in [0.25, 0.3) is 10.2 Å². The highest BCUT2D eigenvalue weighted by Gasteiger charge is 2.25. The molecule has 28 heavy (non-hydrogen) atoms. The van der Waals surface area contributed by atoms with Gasteiger partial charge in [0.25, 0.3) is 0 Å². The average molecular weight is 395 g/mol. The van der Waals surface area contributed by atoms with Gasteiger partial charge in [0.05, 0.1) is 16.3 Å². The van der Waals surface area contributed by atoms with Gasteiger partial charge < -0.3 is 5.32 Å². The Balaban J connectivity index is 1.75. The minimum atomic E-state index is -0.555. The lowest BCUT2D eigenvalue weighted by Crippen LogP contribution is -2.41. The number of amides is 1. The zero-order valence-electron chi connectivity index (χ0n) is 16.4. The number of carbonyl (C=O) groups is 2. The number of carbonyl (C=O) groups excluding carboxylic acids is 2. The van der Waals surface area contributed by atoms with Crippen molar-refractivity contribution in [3.05, 3.63) is 65.2 Å². The topological polar surface area (TPSA) is 59.1 Å². The number of benzene rings is 2. The maximum absolute atomic E-state index is 13.1. The van der Waals surface area contributed by atoms with E-state index in [2.05, 4.69) is 24.1 Å². The first-order chi connectivity index (χ1) is 13.5. The number of hydrogen-bond donors (Lipinski definition) is 1. The first-order valence-electron chi connectivity index (χ1n) is 9.76. The van der Waals surface area contributed by atoms with Crippen molar-refractivity contribution in [2.24, 2.45) is 5.92 Å². The summed E-state index contributed by atoms with van der Waals surface area (Å²) in [5.74, 6) is 0.282. The molecule has 1 aromatic heterocycles. The highest BCUT2D eigenvalue weighted by Crippen LogP contribution is 2.23. The second-order valence-electron chi connectivity index (χ2n) is 7.43. The van der Waals surface area contributed by atoms with Gasteiger partial charge >= 0.3 is 0 Å². The number of fused-ring (bicyclic) bond motifs is 1. The Hall–Kier alpha value is -2.53. The summed E-state index contributed by atoms with van der Waals surface area (Å²) in [7, 11) is 0. The number of thiazole rings is 1. The highest BCUT2D eigenvalue weighted by molar-refractivity contribution is 7.20. The summed E-state index contributed by atoms with van der Waals surface area (Å²) >= 11 is 1.39. The standard InChI is InChI=1S/C23H26N2O2S/c1-16(2)12-15-21(26)24-19(14-13-17-8-4-3-5-9-17)22(27)23-25-18-10-6-7-11-20(18)28-23/h3-11,16,19H,12-15H2,1-2H3,(H,24,26). The molecule has 0 aliphatic carbocycles. The lowest BCUT2D eigenvalue weighted by atomic mass is 10.0. The van der Waals surface area contributed by atoms with Crippen LogP contribution in [-0.2, 0) is 11.2 Å². The molecule has 5 heteroatoms. The van der Waals surface area contributed by atoms with Crippen LogP contribution in [0.3, 0.4) is 0 Å². The molecule has 1 unspecified atom stereocenters. The number of ketones is 1. The van der Waals surface area contributed by atoms with E-state index in [9.17, 15) is 9.59 Å². The molecule has 1 N–H and O–H groups in total. The van der Waals surface area contributed by atoms with Crippen molar-refractivity contribution in [1.82, 2.24) is 10.3 Å². The van der Waals surface area contributed by atoms with Gasteiger partial charge in [-0.15, -0.1) is 11.3 Å². The number of Topliss-reactive ketones (excluding diaryl/α,β-unsaturated/α-hetero) is 1. The molecule has 0 aliphatic rings.